The SMILES string of the molecule is CC(N)c1ccnn1-c1ccccc1C(F)(F)F. The van der Waals surface area contributed by atoms with Gasteiger partial charge in [-0.25, -0.2) is 4.68 Å². The Morgan fingerprint density at radius 1 is 1.22 bits per heavy atom. The largest absolute Gasteiger partial charge is 0.418 e. The first kappa shape index (κ1) is 12.6. The minimum Gasteiger partial charge on any atom is -0.323 e. The lowest BCUT2D eigenvalue weighted by molar-refractivity contribution is -0.137. The average Bonchev–Trinajstić information content (AvgIpc) is 2.76. The molecular formula is C12H12F3N3. The van der Waals surface area contributed by atoms with Crippen LogP contribution >= 0.6 is 0 Å². The summed E-state index contributed by atoms with van der Waals surface area (Å²) in [5.74, 6) is 0. The molecule has 0 saturated carbocycles. The van der Waals surface area contributed by atoms with Gasteiger partial charge in [0.2, 0.25) is 0 Å². The highest BCUT2D eigenvalue weighted by Crippen LogP contribution is 2.34. The molecule has 0 aliphatic carbocycles. The number of nitrogens with zero attached hydrogens (tertiary/aromatic N) is 2. The minimum absolute atomic E-state index is 0.0118. The van der Waals surface area contributed by atoms with Crippen LogP contribution in [0.1, 0.15) is 24.2 Å². The molecule has 2 aromatic rings. The van der Waals surface area contributed by atoms with Gasteiger partial charge in [0.05, 0.1) is 16.9 Å². The summed E-state index contributed by atoms with van der Waals surface area (Å²) in [6.07, 6.45) is -2.98. The fourth-order valence-electron chi connectivity index (χ4n) is 1.76. The molecule has 1 aromatic carbocycles. The molecule has 3 nitrogen and oxygen atoms in total. The molecule has 0 radical (unpaired) electrons. The van der Waals surface area contributed by atoms with E-state index in [1.165, 1.54) is 29.1 Å². The Morgan fingerprint density at radius 2 is 1.89 bits per heavy atom. The van der Waals surface area contributed by atoms with Crippen LogP contribution in [0.25, 0.3) is 5.69 Å². The summed E-state index contributed by atoms with van der Waals surface area (Å²) in [5, 5.41) is 3.92. The van der Waals surface area contributed by atoms with Crippen molar-refractivity contribution in [1.29, 1.82) is 0 Å². The van der Waals surface area contributed by atoms with Crippen molar-refractivity contribution in [2.75, 3.05) is 0 Å². The van der Waals surface area contributed by atoms with Crippen molar-refractivity contribution in [3.8, 4) is 5.69 Å². The Hall–Kier alpha value is -1.82. The van der Waals surface area contributed by atoms with Crippen LogP contribution in [0.15, 0.2) is 36.5 Å². The molecule has 1 aromatic heterocycles. The Morgan fingerprint density at radius 3 is 2.50 bits per heavy atom. The molecule has 0 fully saturated rings. The summed E-state index contributed by atoms with van der Waals surface area (Å²) in [4.78, 5) is 0. The second-order valence-corrected chi connectivity index (χ2v) is 3.97. The summed E-state index contributed by atoms with van der Waals surface area (Å²) in [6, 6.07) is 6.51. The van der Waals surface area contributed by atoms with Crippen LogP contribution in [0, 0.1) is 0 Å². The van der Waals surface area contributed by atoms with E-state index in [9.17, 15) is 13.2 Å². The highest BCUT2D eigenvalue weighted by Gasteiger charge is 2.34. The molecule has 2 rings (SSSR count). The summed E-state index contributed by atoms with van der Waals surface area (Å²) < 4.78 is 39.9. The summed E-state index contributed by atoms with van der Waals surface area (Å²) >= 11 is 0. The lowest BCUT2D eigenvalue weighted by Crippen LogP contribution is -2.16. The van der Waals surface area contributed by atoms with Crippen molar-refractivity contribution in [2.45, 2.75) is 19.1 Å². The number of aromatic nitrogens is 2. The van der Waals surface area contributed by atoms with Crippen LogP contribution < -0.4 is 5.73 Å². The number of hydrogen-bond donors (Lipinski definition) is 1. The maximum Gasteiger partial charge on any atom is 0.418 e. The topological polar surface area (TPSA) is 43.8 Å². The number of nitrogens with two attached hydrogens (primary N) is 1. The average molecular weight is 255 g/mol. The van der Waals surface area contributed by atoms with Crippen LogP contribution in [0.4, 0.5) is 13.2 Å². The molecule has 0 spiro atoms. The van der Waals surface area contributed by atoms with Crippen LogP contribution in [0.3, 0.4) is 0 Å². The summed E-state index contributed by atoms with van der Waals surface area (Å²) in [6.45, 7) is 1.70. The van der Waals surface area contributed by atoms with Crippen molar-refractivity contribution in [2.24, 2.45) is 5.73 Å². The molecule has 6 heteroatoms. The van der Waals surface area contributed by atoms with E-state index in [-0.39, 0.29) is 5.69 Å². The third-order valence-electron chi connectivity index (χ3n) is 2.58. The van der Waals surface area contributed by atoms with Gasteiger partial charge in [-0.15, -0.1) is 0 Å². The van der Waals surface area contributed by atoms with Gasteiger partial charge < -0.3 is 5.73 Å². The number of hydrogen-bond acceptors (Lipinski definition) is 2. The predicted octanol–water partition coefficient (Wildman–Crippen LogP) is 2.91. The van der Waals surface area contributed by atoms with Crippen molar-refractivity contribution in [3.63, 3.8) is 0 Å². The molecular weight excluding hydrogens is 243 g/mol. The summed E-state index contributed by atoms with van der Waals surface area (Å²) in [7, 11) is 0. The van der Waals surface area contributed by atoms with E-state index in [4.69, 9.17) is 5.73 Å². The molecule has 96 valence electrons. The number of para-hydroxylation sites is 1. The van der Waals surface area contributed by atoms with Crippen LogP contribution in [-0.2, 0) is 6.18 Å². The lowest BCUT2D eigenvalue weighted by Gasteiger charge is -2.15. The van der Waals surface area contributed by atoms with Gasteiger partial charge in [-0.05, 0) is 25.1 Å². The lowest BCUT2D eigenvalue weighted by atomic mass is 10.1. The quantitative estimate of drug-likeness (QED) is 0.896. The van der Waals surface area contributed by atoms with Gasteiger partial charge >= 0.3 is 6.18 Å². The smallest absolute Gasteiger partial charge is 0.323 e. The second-order valence-electron chi connectivity index (χ2n) is 3.97. The molecule has 1 heterocycles. The van der Waals surface area contributed by atoms with E-state index in [1.54, 1.807) is 13.0 Å². The Kier molecular flexibility index (Phi) is 3.13. The zero-order chi connectivity index (χ0) is 13.3. The molecule has 0 bridgehead atoms. The molecule has 1 unspecified atom stereocenters. The zero-order valence-corrected chi connectivity index (χ0v) is 9.65. The van der Waals surface area contributed by atoms with E-state index < -0.39 is 17.8 Å². The van der Waals surface area contributed by atoms with Gasteiger partial charge in [0.15, 0.2) is 0 Å². The zero-order valence-electron chi connectivity index (χ0n) is 9.65. The van der Waals surface area contributed by atoms with Crippen molar-refractivity contribution in [1.82, 2.24) is 9.78 Å². The highest BCUT2D eigenvalue weighted by atomic mass is 19.4. The Balaban J connectivity index is 2.61. The number of alkyl halides is 3. The monoisotopic (exact) mass is 255 g/mol. The molecule has 1 atom stereocenters. The standard InChI is InChI=1S/C12H12F3N3/c1-8(16)10-6-7-17-18(10)11-5-3-2-4-9(11)12(13,14)15/h2-8H,16H2,1H3. The molecule has 0 amide bonds. The molecule has 0 aliphatic heterocycles. The van der Waals surface area contributed by atoms with Crippen molar-refractivity contribution < 1.29 is 13.2 Å². The van der Waals surface area contributed by atoms with E-state index in [0.29, 0.717) is 5.69 Å². The van der Waals surface area contributed by atoms with Gasteiger partial charge in [0.1, 0.15) is 0 Å². The first-order valence-corrected chi connectivity index (χ1v) is 5.37. The van der Waals surface area contributed by atoms with Gasteiger partial charge in [0.25, 0.3) is 0 Å². The highest BCUT2D eigenvalue weighted by molar-refractivity contribution is 5.43. The first-order chi connectivity index (χ1) is 8.41. The van der Waals surface area contributed by atoms with E-state index in [1.807, 2.05) is 0 Å². The maximum atomic E-state index is 12.9. The van der Waals surface area contributed by atoms with Gasteiger partial charge in [0, 0.05) is 12.2 Å². The number of benzene rings is 1. The van der Waals surface area contributed by atoms with Crippen LogP contribution in [0.5, 0.6) is 0 Å². The second kappa shape index (κ2) is 4.45. The third kappa shape index (κ3) is 2.24. The van der Waals surface area contributed by atoms with E-state index >= 15 is 0 Å². The molecule has 0 saturated heterocycles. The van der Waals surface area contributed by atoms with E-state index in [2.05, 4.69) is 5.10 Å². The number of rotatable bonds is 2. The molecule has 0 aliphatic rings. The van der Waals surface area contributed by atoms with Crippen LogP contribution in [-0.4, -0.2) is 9.78 Å². The van der Waals surface area contributed by atoms with Gasteiger partial charge in [-0.1, -0.05) is 12.1 Å². The Labute approximate surface area is 102 Å². The van der Waals surface area contributed by atoms with E-state index in [0.717, 1.165) is 6.07 Å². The van der Waals surface area contributed by atoms with Gasteiger partial charge in [-0.3, -0.25) is 0 Å². The van der Waals surface area contributed by atoms with Crippen LogP contribution in [0.2, 0.25) is 0 Å². The molecule has 18 heavy (non-hydrogen) atoms. The summed E-state index contributed by atoms with van der Waals surface area (Å²) in [5.41, 5.74) is 5.51. The minimum atomic E-state index is -4.42. The van der Waals surface area contributed by atoms with Crippen molar-refractivity contribution in [3.05, 3.63) is 47.8 Å². The van der Waals surface area contributed by atoms with Crippen molar-refractivity contribution >= 4 is 0 Å². The Bertz CT molecular complexity index is 543. The first-order valence-electron chi connectivity index (χ1n) is 5.37. The van der Waals surface area contributed by atoms with Gasteiger partial charge in [-0.2, -0.15) is 18.3 Å². The fourth-order valence-corrected chi connectivity index (χ4v) is 1.76. The molecule has 2 N–H and O–H groups in total. The normalized spacial score (nSPS) is 13.6. The fraction of sp³-hybridized carbons (Fsp3) is 0.250. The number of halogens is 3. The maximum absolute atomic E-state index is 12.9. The third-order valence-corrected chi connectivity index (χ3v) is 2.58. The predicted molar refractivity (Wildman–Crippen MR) is 61.2 cm³/mol.